The molecule has 0 bridgehead atoms. The highest BCUT2D eigenvalue weighted by atomic mass is 28.5. The Hall–Kier alpha value is -11.8. The SMILES string of the molecule is c1ccc([Si]2(c3ccccc3)N(c3cc(-n4c5ccccc5c5ccccc54)nc(-n4c5ccccc5c5ccccc54)c3)[Si](c3ccccc3)(c3ccccc3)N2c2cc(-n3c4ccccc4c4ccccc43)nc(-n3c4ccccc4c4ccccc43)c2)cc1. The molecule has 0 radical (unpaired) electrons. The van der Waals surface area contributed by atoms with Gasteiger partial charge in [0.05, 0.1) is 44.1 Å². The Labute approximate surface area is 532 Å². The van der Waals surface area contributed by atoms with Crippen LogP contribution in [0.5, 0.6) is 0 Å². The highest BCUT2D eigenvalue weighted by molar-refractivity contribution is 7.38. The third kappa shape index (κ3) is 7.32. The first kappa shape index (κ1) is 52.1. The smallest absolute Gasteiger partial charge is 0.318 e. The number of fused-ring (bicyclic) bond motifs is 12. The lowest BCUT2D eigenvalue weighted by molar-refractivity contribution is 1.01. The molecule has 0 atom stereocenters. The van der Waals surface area contributed by atoms with Gasteiger partial charge in [0.1, 0.15) is 23.3 Å². The Morgan fingerprint density at radius 1 is 0.185 bits per heavy atom. The summed E-state index contributed by atoms with van der Waals surface area (Å²) in [6.45, 7) is 0. The summed E-state index contributed by atoms with van der Waals surface area (Å²) in [6.07, 6.45) is 0. The van der Waals surface area contributed by atoms with E-state index in [-0.39, 0.29) is 0 Å². The van der Waals surface area contributed by atoms with Gasteiger partial charge in [0, 0.05) is 78.7 Å². The predicted molar refractivity (Wildman–Crippen MR) is 387 cm³/mol. The molecule has 0 amide bonds. The van der Waals surface area contributed by atoms with Gasteiger partial charge in [-0.1, -0.05) is 267 Å². The van der Waals surface area contributed by atoms with Crippen LogP contribution in [0.1, 0.15) is 0 Å². The minimum Gasteiger partial charge on any atom is -0.378 e. The quantitative estimate of drug-likeness (QED) is 0.128. The first-order chi connectivity index (χ1) is 45.7. The average molecular weight is 1210 g/mol. The van der Waals surface area contributed by atoms with Gasteiger partial charge in [-0.25, -0.2) is 9.97 Å². The van der Waals surface area contributed by atoms with Crippen LogP contribution in [0.25, 0.3) is 110 Å². The molecule has 6 aromatic heterocycles. The highest BCUT2D eigenvalue weighted by Crippen LogP contribution is 2.49. The predicted octanol–water partition coefficient (Wildman–Crippen LogP) is 16.7. The van der Waals surface area contributed by atoms with Crippen LogP contribution in [0, 0.1) is 0 Å². The summed E-state index contributed by atoms with van der Waals surface area (Å²) in [5, 5.41) is 14.4. The van der Waals surface area contributed by atoms with Crippen molar-refractivity contribution in [2.45, 2.75) is 0 Å². The second kappa shape index (κ2) is 20.4. The minimum absolute atomic E-state index is 0.828. The lowest BCUT2D eigenvalue weighted by Crippen LogP contribution is -3.07. The van der Waals surface area contributed by atoms with Crippen molar-refractivity contribution in [2.75, 3.05) is 8.46 Å². The fourth-order valence-electron chi connectivity index (χ4n) is 15.8. The number of hydrogen-bond donors (Lipinski definition) is 0. The molecule has 12 aromatic carbocycles. The summed E-state index contributed by atoms with van der Waals surface area (Å²) in [6, 6.07) is 126. The van der Waals surface area contributed by atoms with Crippen LogP contribution in [0.3, 0.4) is 0 Å². The maximum absolute atomic E-state index is 6.01. The molecule has 432 valence electrons. The van der Waals surface area contributed by atoms with E-state index in [1.165, 1.54) is 63.8 Å². The Bertz CT molecular complexity index is 5000. The topological polar surface area (TPSA) is 52.0 Å². The van der Waals surface area contributed by atoms with Crippen molar-refractivity contribution < 1.29 is 0 Å². The molecule has 0 spiro atoms. The van der Waals surface area contributed by atoms with Crippen LogP contribution in [0.4, 0.5) is 11.4 Å². The van der Waals surface area contributed by atoms with Crippen molar-refractivity contribution >= 4 is 136 Å². The van der Waals surface area contributed by atoms with Crippen molar-refractivity contribution in [1.29, 1.82) is 0 Å². The van der Waals surface area contributed by atoms with E-state index in [4.69, 9.17) is 9.97 Å². The first-order valence-corrected chi connectivity index (χ1v) is 35.3. The van der Waals surface area contributed by atoms with Gasteiger partial charge < -0.3 is 8.46 Å². The zero-order valence-corrected chi connectivity index (χ0v) is 51.9. The van der Waals surface area contributed by atoms with Crippen LogP contribution >= 0.6 is 0 Å². The molecule has 7 heterocycles. The van der Waals surface area contributed by atoms with Crippen LogP contribution < -0.4 is 29.2 Å². The molecule has 0 saturated carbocycles. The molecule has 0 aliphatic carbocycles. The van der Waals surface area contributed by atoms with Gasteiger partial charge in [0.25, 0.3) is 0 Å². The molecule has 8 nitrogen and oxygen atoms in total. The van der Waals surface area contributed by atoms with Crippen molar-refractivity contribution in [3.63, 3.8) is 0 Å². The van der Waals surface area contributed by atoms with E-state index < -0.39 is 16.8 Å². The lowest BCUT2D eigenvalue weighted by Gasteiger charge is -2.72. The number of pyridine rings is 2. The molecular weight excluding hydrogens is 1150 g/mol. The molecule has 19 rings (SSSR count). The molecule has 18 aromatic rings. The molecule has 92 heavy (non-hydrogen) atoms. The molecule has 10 heteroatoms. The Morgan fingerprint density at radius 3 is 0.533 bits per heavy atom. The molecular formula is C82H56N8Si2. The summed E-state index contributed by atoms with van der Waals surface area (Å²) in [4.78, 5) is 12.0. The van der Waals surface area contributed by atoms with Gasteiger partial charge >= 0.3 is 16.8 Å². The number of aromatic nitrogens is 6. The lowest BCUT2D eigenvalue weighted by atomic mass is 10.2. The van der Waals surface area contributed by atoms with Gasteiger partial charge in [-0.2, -0.15) is 0 Å². The monoisotopic (exact) mass is 1210 g/mol. The number of anilines is 2. The number of hydrogen-bond acceptors (Lipinski definition) is 4. The molecule has 0 unspecified atom stereocenters. The minimum atomic E-state index is -3.76. The van der Waals surface area contributed by atoms with Crippen molar-refractivity contribution in [1.82, 2.24) is 28.2 Å². The zero-order valence-electron chi connectivity index (χ0n) is 49.9. The van der Waals surface area contributed by atoms with Crippen LogP contribution in [0.15, 0.2) is 340 Å². The fraction of sp³-hybridized carbons (Fsp3) is 0. The van der Waals surface area contributed by atoms with Crippen molar-refractivity contribution in [3.8, 4) is 23.3 Å². The Morgan fingerprint density at radius 2 is 0.348 bits per heavy atom. The van der Waals surface area contributed by atoms with Gasteiger partial charge in [-0.05, 0) is 69.3 Å². The van der Waals surface area contributed by atoms with E-state index in [1.807, 2.05) is 0 Å². The van der Waals surface area contributed by atoms with Gasteiger partial charge in [0.2, 0.25) is 0 Å². The third-order valence-corrected chi connectivity index (χ3v) is 31.4. The van der Waals surface area contributed by atoms with Gasteiger partial charge in [0.15, 0.2) is 0 Å². The molecule has 1 fully saturated rings. The normalized spacial score (nSPS) is 13.8. The Balaban J connectivity index is 1.01. The van der Waals surface area contributed by atoms with Gasteiger partial charge in [-0.15, -0.1) is 0 Å². The van der Waals surface area contributed by atoms with Crippen LogP contribution in [-0.4, -0.2) is 45.0 Å². The zero-order chi connectivity index (χ0) is 60.5. The Kier molecular flexibility index (Phi) is 11.5. The first-order valence-electron chi connectivity index (χ1n) is 31.5. The maximum Gasteiger partial charge on any atom is 0.318 e. The molecule has 1 aliphatic rings. The molecule has 1 saturated heterocycles. The van der Waals surface area contributed by atoms with Crippen LogP contribution in [0.2, 0.25) is 0 Å². The largest absolute Gasteiger partial charge is 0.378 e. The summed E-state index contributed by atoms with van der Waals surface area (Å²) in [7, 11) is -7.52. The number of nitrogens with zero attached hydrogens (tertiary/aromatic N) is 8. The summed E-state index contributed by atoms with van der Waals surface area (Å²) >= 11 is 0. The van der Waals surface area contributed by atoms with Crippen molar-refractivity contribution in [3.05, 3.63) is 340 Å². The number of rotatable bonds is 10. The standard InChI is InChI=1S/C82H56N8Si2/c1-5-29-59(30-6-1)91(60-31-7-2-8-32-60)89(57-53-79(85-71-45-21-13-37-63(71)64-38-14-22-46-72(64)85)83-80(54-57)86-73-47-23-15-39-65(73)66-40-16-24-48-74(66)86)92(61-33-9-3-10-34-61,62-35-11-4-12-36-62)90(91)58-55-81(87-75-49-25-17-41-67(75)68-42-18-26-50-76(68)87)84-82(56-58)88-77-51-27-19-43-69(77)70-44-20-28-52-78(70)88/h1-56H. The van der Waals surface area contributed by atoms with E-state index in [1.54, 1.807) is 0 Å². The average Bonchev–Trinajstić information content (AvgIpc) is 0.719. The van der Waals surface area contributed by atoms with Crippen LogP contribution in [-0.2, 0) is 0 Å². The van der Waals surface area contributed by atoms with E-state index in [0.717, 1.165) is 78.8 Å². The highest BCUT2D eigenvalue weighted by Gasteiger charge is 2.75. The number of benzene rings is 12. The second-order valence-electron chi connectivity index (χ2n) is 24.0. The van der Waals surface area contributed by atoms with E-state index in [0.29, 0.717) is 0 Å². The van der Waals surface area contributed by atoms with E-state index in [2.05, 4.69) is 366 Å². The summed E-state index contributed by atoms with van der Waals surface area (Å²) in [5.41, 5.74) is 10.9. The number of para-hydroxylation sites is 8. The van der Waals surface area contributed by atoms with E-state index >= 15 is 0 Å². The summed E-state index contributed by atoms with van der Waals surface area (Å²) in [5.74, 6) is 3.31. The van der Waals surface area contributed by atoms with Gasteiger partial charge in [-0.3, -0.25) is 18.3 Å². The molecule has 0 N–H and O–H groups in total. The fourth-order valence-corrected chi connectivity index (χ4v) is 30.9. The maximum atomic E-state index is 6.01. The molecule has 1 aliphatic heterocycles. The summed E-state index contributed by atoms with van der Waals surface area (Å²) < 4.78 is 15.6. The second-order valence-corrected chi connectivity index (χ2v) is 31.7. The third-order valence-electron chi connectivity index (χ3n) is 19.3. The van der Waals surface area contributed by atoms with Crippen molar-refractivity contribution in [2.24, 2.45) is 0 Å². The van der Waals surface area contributed by atoms with E-state index in [9.17, 15) is 0 Å².